The number of benzene rings is 2. The lowest BCUT2D eigenvalue weighted by Crippen LogP contribution is -2.27. The SMILES string of the molecule is Cc1cc(NC(=O)c2cccc(S(=O)(=O)CC3CCN(C)C3=O)c2)ccc1F. The topological polar surface area (TPSA) is 83.6 Å². The molecule has 2 amide bonds. The molecular formula is C20H21FN2O4S. The summed E-state index contributed by atoms with van der Waals surface area (Å²) in [7, 11) is -2.07. The van der Waals surface area contributed by atoms with Crippen LogP contribution in [-0.4, -0.2) is 44.5 Å². The van der Waals surface area contributed by atoms with E-state index in [2.05, 4.69) is 5.32 Å². The van der Waals surface area contributed by atoms with E-state index in [1.54, 1.807) is 14.0 Å². The summed E-state index contributed by atoms with van der Waals surface area (Å²) in [5, 5.41) is 2.63. The molecule has 1 saturated heterocycles. The summed E-state index contributed by atoms with van der Waals surface area (Å²) in [4.78, 5) is 26.0. The van der Waals surface area contributed by atoms with Crippen LogP contribution >= 0.6 is 0 Å². The van der Waals surface area contributed by atoms with Crippen LogP contribution in [0.4, 0.5) is 10.1 Å². The Labute approximate surface area is 163 Å². The second kappa shape index (κ2) is 7.71. The molecule has 148 valence electrons. The van der Waals surface area contributed by atoms with E-state index in [1.165, 1.54) is 47.4 Å². The van der Waals surface area contributed by atoms with Crippen LogP contribution in [0.15, 0.2) is 47.4 Å². The summed E-state index contributed by atoms with van der Waals surface area (Å²) in [6.45, 7) is 2.12. The van der Waals surface area contributed by atoms with E-state index < -0.39 is 21.7 Å². The summed E-state index contributed by atoms with van der Waals surface area (Å²) >= 11 is 0. The van der Waals surface area contributed by atoms with Crippen molar-refractivity contribution in [1.29, 1.82) is 0 Å². The van der Waals surface area contributed by atoms with Gasteiger partial charge in [0.25, 0.3) is 5.91 Å². The third-order valence-electron chi connectivity index (χ3n) is 4.83. The molecule has 6 nitrogen and oxygen atoms in total. The zero-order valence-corrected chi connectivity index (χ0v) is 16.4. The predicted molar refractivity (Wildman–Crippen MR) is 103 cm³/mol. The molecule has 0 saturated carbocycles. The number of amides is 2. The number of likely N-dealkylation sites (tertiary alicyclic amines) is 1. The Bertz CT molecular complexity index is 1040. The molecule has 1 unspecified atom stereocenters. The first-order valence-electron chi connectivity index (χ1n) is 8.82. The highest BCUT2D eigenvalue weighted by Gasteiger charge is 2.33. The third kappa shape index (κ3) is 4.22. The summed E-state index contributed by atoms with van der Waals surface area (Å²) in [5.74, 6) is -1.89. The lowest BCUT2D eigenvalue weighted by Gasteiger charge is -2.12. The van der Waals surface area contributed by atoms with E-state index in [9.17, 15) is 22.4 Å². The van der Waals surface area contributed by atoms with Crippen molar-refractivity contribution >= 4 is 27.3 Å². The van der Waals surface area contributed by atoms with Crippen LogP contribution in [0, 0.1) is 18.7 Å². The Balaban J connectivity index is 1.78. The quantitative estimate of drug-likeness (QED) is 0.830. The fourth-order valence-electron chi connectivity index (χ4n) is 3.17. The molecule has 0 aromatic heterocycles. The van der Waals surface area contributed by atoms with Crippen molar-refractivity contribution in [1.82, 2.24) is 4.90 Å². The second-order valence-corrected chi connectivity index (χ2v) is 9.01. The summed E-state index contributed by atoms with van der Waals surface area (Å²) < 4.78 is 38.8. The first kappa shape index (κ1) is 20.0. The van der Waals surface area contributed by atoms with Gasteiger partial charge in [-0.05, 0) is 55.3 Å². The van der Waals surface area contributed by atoms with Gasteiger partial charge in [-0.3, -0.25) is 9.59 Å². The molecule has 1 N–H and O–H groups in total. The number of halogens is 1. The average Bonchev–Trinajstić information content (AvgIpc) is 2.96. The summed E-state index contributed by atoms with van der Waals surface area (Å²) in [5.41, 5.74) is 0.968. The highest BCUT2D eigenvalue weighted by molar-refractivity contribution is 7.91. The van der Waals surface area contributed by atoms with Crippen LogP contribution in [0.3, 0.4) is 0 Å². The van der Waals surface area contributed by atoms with E-state index in [0.29, 0.717) is 24.2 Å². The summed E-state index contributed by atoms with van der Waals surface area (Å²) in [6.07, 6.45) is 0.499. The number of carbonyl (C=O) groups is 2. The molecule has 2 aromatic rings. The number of hydrogen-bond acceptors (Lipinski definition) is 4. The van der Waals surface area contributed by atoms with Crippen molar-refractivity contribution in [2.24, 2.45) is 5.92 Å². The molecule has 8 heteroatoms. The Morgan fingerprint density at radius 3 is 2.64 bits per heavy atom. The van der Waals surface area contributed by atoms with Gasteiger partial charge in [0.05, 0.1) is 16.6 Å². The first-order chi connectivity index (χ1) is 13.2. The number of anilines is 1. The number of sulfone groups is 1. The van der Waals surface area contributed by atoms with E-state index in [4.69, 9.17) is 0 Å². The number of nitrogens with zero attached hydrogens (tertiary/aromatic N) is 1. The fourth-order valence-corrected chi connectivity index (χ4v) is 4.79. The molecule has 0 aliphatic carbocycles. The van der Waals surface area contributed by atoms with Gasteiger partial charge in [0.1, 0.15) is 5.82 Å². The van der Waals surface area contributed by atoms with Gasteiger partial charge in [-0.2, -0.15) is 0 Å². The minimum Gasteiger partial charge on any atom is -0.345 e. The van der Waals surface area contributed by atoms with Crippen molar-refractivity contribution in [2.45, 2.75) is 18.2 Å². The number of hydrogen-bond donors (Lipinski definition) is 1. The lowest BCUT2D eigenvalue weighted by molar-refractivity contribution is -0.129. The van der Waals surface area contributed by atoms with Crippen LogP contribution < -0.4 is 5.32 Å². The first-order valence-corrected chi connectivity index (χ1v) is 10.5. The van der Waals surface area contributed by atoms with E-state index in [0.717, 1.165) is 0 Å². The standard InChI is InChI=1S/C20H21FN2O4S/c1-13-10-16(6-7-18(13)21)22-19(24)14-4-3-5-17(11-14)28(26,27)12-15-8-9-23(2)20(15)25/h3-7,10-11,15H,8-9,12H2,1-2H3,(H,22,24). The van der Waals surface area contributed by atoms with Crippen molar-refractivity contribution < 1.29 is 22.4 Å². The van der Waals surface area contributed by atoms with Gasteiger partial charge in [-0.15, -0.1) is 0 Å². The molecule has 1 atom stereocenters. The number of nitrogens with one attached hydrogen (secondary N) is 1. The zero-order chi connectivity index (χ0) is 20.5. The monoisotopic (exact) mass is 404 g/mol. The van der Waals surface area contributed by atoms with Crippen LogP contribution in [0.2, 0.25) is 0 Å². The van der Waals surface area contributed by atoms with Gasteiger partial charge in [-0.25, -0.2) is 12.8 Å². The molecule has 1 fully saturated rings. The second-order valence-electron chi connectivity index (χ2n) is 6.97. The molecule has 28 heavy (non-hydrogen) atoms. The minimum absolute atomic E-state index is 0.00205. The predicted octanol–water partition coefficient (Wildman–Crippen LogP) is 2.64. The molecular weight excluding hydrogens is 383 g/mol. The van der Waals surface area contributed by atoms with Crippen LogP contribution in [-0.2, 0) is 14.6 Å². The van der Waals surface area contributed by atoms with Gasteiger partial charge >= 0.3 is 0 Å². The molecule has 0 spiro atoms. The zero-order valence-electron chi connectivity index (χ0n) is 15.6. The lowest BCUT2D eigenvalue weighted by atomic mass is 10.1. The van der Waals surface area contributed by atoms with Gasteiger partial charge in [0.2, 0.25) is 5.91 Å². The largest absolute Gasteiger partial charge is 0.345 e. The Kier molecular flexibility index (Phi) is 5.51. The van der Waals surface area contributed by atoms with E-state index in [-0.39, 0.29) is 27.9 Å². The summed E-state index contributed by atoms with van der Waals surface area (Å²) in [6, 6.07) is 9.88. The molecule has 0 radical (unpaired) electrons. The molecule has 3 rings (SSSR count). The smallest absolute Gasteiger partial charge is 0.255 e. The Morgan fingerprint density at radius 1 is 1.25 bits per heavy atom. The number of aryl methyl sites for hydroxylation is 1. The maximum absolute atomic E-state index is 13.4. The van der Waals surface area contributed by atoms with Crippen molar-refractivity contribution in [3.63, 3.8) is 0 Å². The normalized spacial score (nSPS) is 17.0. The van der Waals surface area contributed by atoms with E-state index >= 15 is 0 Å². The average molecular weight is 404 g/mol. The van der Waals surface area contributed by atoms with Crippen molar-refractivity contribution in [3.8, 4) is 0 Å². The van der Waals surface area contributed by atoms with Crippen LogP contribution in [0.25, 0.3) is 0 Å². The Morgan fingerprint density at radius 2 is 2.00 bits per heavy atom. The number of carbonyl (C=O) groups excluding carboxylic acids is 2. The maximum Gasteiger partial charge on any atom is 0.255 e. The third-order valence-corrected chi connectivity index (χ3v) is 6.64. The Hall–Kier alpha value is -2.74. The van der Waals surface area contributed by atoms with Gasteiger partial charge in [-0.1, -0.05) is 6.07 Å². The molecule has 1 aliphatic heterocycles. The van der Waals surface area contributed by atoms with Gasteiger partial charge < -0.3 is 10.2 Å². The van der Waals surface area contributed by atoms with Crippen molar-refractivity contribution in [3.05, 3.63) is 59.4 Å². The van der Waals surface area contributed by atoms with Crippen LogP contribution in [0.1, 0.15) is 22.3 Å². The molecule has 2 aromatic carbocycles. The molecule has 1 aliphatic rings. The van der Waals surface area contributed by atoms with Crippen LogP contribution in [0.5, 0.6) is 0 Å². The highest BCUT2D eigenvalue weighted by Crippen LogP contribution is 2.23. The highest BCUT2D eigenvalue weighted by atomic mass is 32.2. The van der Waals surface area contributed by atoms with E-state index in [1.807, 2.05) is 0 Å². The van der Waals surface area contributed by atoms with Gasteiger partial charge in [0, 0.05) is 24.8 Å². The van der Waals surface area contributed by atoms with Gasteiger partial charge in [0.15, 0.2) is 9.84 Å². The fraction of sp³-hybridized carbons (Fsp3) is 0.300. The maximum atomic E-state index is 13.4. The molecule has 0 bridgehead atoms. The van der Waals surface area contributed by atoms with Crippen molar-refractivity contribution in [2.75, 3.05) is 24.7 Å². The molecule has 1 heterocycles. The number of rotatable bonds is 5. The minimum atomic E-state index is -3.72.